The van der Waals surface area contributed by atoms with Gasteiger partial charge >= 0.3 is 11.7 Å². The fourth-order valence-corrected chi connectivity index (χ4v) is 4.58. The number of fused-ring (bicyclic) bond motifs is 1. The van der Waals surface area contributed by atoms with Gasteiger partial charge in [0.2, 0.25) is 5.60 Å². The van der Waals surface area contributed by atoms with Crippen LogP contribution in [0.2, 0.25) is 0 Å². The number of aromatic amines is 1. The quantitative estimate of drug-likeness (QED) is 0.527. The molecule has 1 saturated heterocycles. The van der Waals surface area contributed by atoms with E-state index in [9.17, 15) is 19.1 Å². The molecule has 0 radical (unpaired) electrons. The van der Waals surface area contributed by atoms with Gasteiger partial charge in [0.05, 0.1) is 11.2 Å². The maximum atomic E-state index is 13.1. The zero-order valence-electron chi connectivity index (χ0n) is 17.8. The molecule has 8 nitrogen and oxygen atoms in total. The SMILES string of the molecule is O=C(O)C1(CN2CCC(Cc3ccc(F)cc3)CC2)C=C(c2ccc3[nH]c(=O)oc3c2)NO1. The van der Waals surface area contributed by atoms with Gasteiger partial charge in [0, 0.05) is 12.1 Å². The molecule has 1 unspecified atom stereocenters. The fourth-order valence-electron chi connectivity index (χ4n) is 4.58. The van der Waals surface area contributed by atoms with Crippen LogP contribution in [0, 0.1) is 11.7 Å². The maximum absolute atomic E-state index is 13.1. The molecule has 1 aromatic heterocycles. The molecule has 3 heterocycles. The van der Waals surface area contributed by atoms with Crippen molar-refractivity contribution in [3.8, 4) is 0 Å². The molecular weight excluding hydrogens is 429 g/mol. The number of rotatable bonds is 6. The Bertz CT molecular complexity index is 1260. The lowest BCUT2D eigenvalue weighted by atomic mass is 9.89. The highest BCUT2D eigenvalue weighted by molar-refractivity contribution is 5.86. The van der Waals surface area contributed by atoms with Gasteiger partial charge in [-0.15, -0.1) is 0 Å². The van der Waals surface area contributed by atoms with E-state index in [0.29, 0.717) is 28.3 Å². The van der Waals surface area contributed by atoms with Gasteiger partial charge in [0.1, 0.15) is 5.82 Å². The van der Waals surface area contributed by atoms with Crippen LogP contribution in [0.15, 0.2) is 57.8 Å². The number of H-pyrrole nitrogens is 1. The van der Waals surface area contributed by atoms with Crippen LogP contribution in [0.3, 0.4) is 0 Å². The molecule has 3 aromatic rings. The molecule has 0 spiro atoms. The summed E-state index contributed by atoms with van der Waals surface area (Å²) in [7, 11) is 0. The van der Waals surface area contributed by atoms with Crippen LogP contribution >= 0.6 is 0 Å². The molecule has 2 aliphatic rings. The van der Waals surface area contributed by atoms with E-state index in [2.05, 4.69) is 15.4 Å². The number of piperidine rings is 1. The third kappa shape index (κ3) is 4.42. The first-order valence-electron chi connectivity index (χ1n) is 10.9. The molecule has 172 valence electrons. The molecule has 5 rings (SSSR count). The standard InChI is InChI=1S/C24H24FN3O5/c25-18-4-1-15(2-5-18)11-16-7-9-28(10-8-16)14-24(22(29)30)13-20(27-33-24)17-3-6-19-21(12-17)32-23(31)26-19/h1-6,12-13,16,27H,7-11,14H2,(H,26,31)(H,29,30). The molecule has 0 amide bonds. The number of nitrogens with zero attached hydrogens (tertiary/aromatic N) is 1. The topological polar surface area (TPSA) is 108 Å². The van der Waals surface area contributed by atoms with Crippen molar-refractivity contribution < 1.29 is 23.5 Å². The van der Waals surface area contributed by atoms with Crippen molar-refractivity contribution in [3.05, 3.63) is 76.0 Å². The van der Waals surface area contributed by atoms with Gasteiger partial charge in [0.25, 0.3) is 0 Å². The average molecular weight is 453 g/mol. The van der Waals surface area contributed by atoms with Crippen molar-refractivity contribution >= 4 is 22.8 Å². The molecule has 9 heteroatoms. The number of likely N-dealkylation sites (tertiary alicyclic amines) is 1. The average Bonchev–Trinajstić information content (AvgIpc) is 3.40. The Morgan fingerprint density at radius 2 is 1.94 bits per heavy atom. The van der Waals surface area contributed by atoms with Gasteiger partial charge < -0.3 is 9.52 Å². The molecular formula is C24H24FN3O5. The van der Waals surface area contributed by atoms with Crippen molar-refractivity contribution in [2.45, 2.75) is 24.9 Å². The second-order valence-corrected chi connectivity index (χ2v) is 8.73. The summed E-state index contributed by atoms with van der Waals surface area (Å²) in [5.41, 5.74) is 4.46. The highest BCUT2D eigenvalue weighted by Gasteiger charge is 2.45. The summed E-state index contributed by atoms with van der Waals surface area (Å²) >= 11 is 0. The molecule has 1 atom stereocenters. The predicted octanol–water partition coefficient (Wildman–Crippen LogP) is 2.91. The van der Waals surface area contributed by atoms with E-state index < -0.39 is 17.3 Å². The summed E-state index contributed by atoms with van der Waals surface area (Å²) in [6, 6.07) is 11.7. The Labute approximate surface area is 188 Å². The van der Waals surface area contributed by atoms with E-state index in [4.69, 9.17) is 9.25 Å². The summed E-state index contributed by atoms with van der Waals surface area (Å²) in [6.45, 7) is 1.73. The van der Waals surface area contributed by atoms with Crippen molar-refractivity contribution in [2.24, 2.45) is 5.92 Å². The lowest BCUT2D eigenvalue weighted by molar-refractivity contribution is -0.164. The van der Waals surface area contributed by atoms with Crippen LogP contribution in [0.5, 0.6) is 0 Å². The molecule has 3 N–H and O–H groups in total. The van der Waals surface area contributed by atoms with Crippen molar-refractivity contribution in [3.63, 3.8) is 0 Å². The van der Waals surface area contributed by atoms with Crippen LogP contribution < -0.4 is 11.2 Å². The molecule has 0 aliphatic carbocycles. The van der Waals surface area contributed by atoms with Crippen molar-refractivity contribution in [2.75, 3.05) is 19.6 Å². The Balaban J connectivity index is 1.26. The van der Waals surface area contributed by atoms with E-state index in [1.54, 1.807) is 24.3 Å². The highest BCUT2D eigenvalue weighted by atomic mass is 19.1. The number of carbonyl (C=O) groups is 1. The summed E-state index contributed by atoms with van der Waals surface area (Å²) in [5.74, 6) is -1.38. The second kappa shape index (κ2) is 8.49. The molecule has 0 bridgehead atoms. The lowest BCUT2D eigenvalue weighted by Gasteiger charge is -2.35. The first-order valence-corrected chi connectivity index (χ1v) is 10.9. The minimum Gasteiger partial charge on any atom is -0.479 e. The van der Waals surface area contributed by atoms with Gasteiger partial charge in [-0.25, -0.2) is 14.0 Å². The second-order valence-electron chi connectivity index (χ2n) is 8.73. The van der Waals surface area contributed by atoms with E-state index in [0.717, 1.165) is 37.9 Å². The number of halogens is 1. The largest absolute Gasteiger partial charge is 0.479 e. The normalized spacial score (nSPS) is 21.8. The summed E-state index contributed by atoms with van der Waals surface area (Å²) in [6.07, 6.45) is 4.32. The Hall–Kier alpha value is -3.43. The lowest BCUT2D eigenvalue weighted by Crippen LogP contribution is -2.51. The Morgan fingerprint density at radius 3 is 2.67 bits per heavy atom. The third-order valence-electron chi connectivity index (χ3n) is 6.42. The maximum Gasteiger partial charge on any atom is 0.417 e. The Kier molecular flexibility index (Phi) is 5.51. The van der Waals surface area contributed by atoms with E-state index >= 15 is 0 Å². The smallest absolute Gasteiger partial charge is 0.417 e. The minimum atomic E-state index is -1.52. The number of hydroxylamine groups is 1. The molecule has 33 heavy (non-hydrogen) atoms. The minimum absolute atomic E-state index is 0.212. The van der Waals surface area contributed by atoms with Gasteiger partial charge in [-0.1, -0.05) is 18.2 Å². The first-order chi connectivity index (χ1) is 15.9. The van der Waals surface area contributed by atoms with Gasteiger partial charge in [-0.05, 0) is 74.2 Å². The van der Waals surface area contributed by atoms with Crippen LogP contribution in [0.25, 0.3) is 16.8 Å². The van der Waals surface area contributed by atoms with Crippen LogP contribution in [0.4, 0.5) is 4.39 Å². The third-order valence-corrected chi connectivity index (χ3v) is 6.42. The number of hydrogen-bond donors (Lipinski definition) is 3. The van der Waals surface area contributed by atoms with Crippen LogP contribution in [0.1, 0.15) is 24.0 Å². The van der Waals surface area contributed by atoms with Crippen molar-refractivity contribution in [1.82, 2.24) is 15.4 Å². The summed E-state index contributed by atoms with van der Waals surface area (Å²) < 4.78 is 18.2. The first kappa shape index (κ1) is 21.4. The number of benzene rings is 2. The molecule has 2 aliphatic heterocycles. The number of carboxylic acids is 1. The Morgan fingerprint density at radius 1 is 1.18 bits per heavy atom. The van der Waals surface area contributed by atoms with Crippen LogP contribution in [-0.2, 0) is 16.1 Å². The zero-order chi connectivity index (χ0) is 23.0. The van der Waals surface area contributed by atoms with Crippen LogP contribution in [-0.4, -0.2) is 46.2 Å². The molecule has 0 saturated carbocycles. The summed E-state index contributed by atoms with van der Waals surface area (Å²) in [4.78, 5) is 33.9. The predicted molar refractivity (Wildman–Crippen MR) is 119 cm³/mol. The monoisotopic (exact) mass is 453 g/mol. The summed E-state index contributed by atoms with van der Waals surface area (Å²) in [5, 5.41) is 9.97. The zero-order valence-corrected chi connectivity index (χ0v) is 17.8. The fraction of sp³-hybridized carbons (Fsp3) is 0.333. The molecule has 2 aromatic carbocycles. The number of aromatic nitrogens is 1. The van der Waals surface area contributed by atoms with Gasteiger partial charge in [-0.2, -0.15) is 0 Å². The van der Waals surface area contributed by atoms with Gasteiger partial charge in [0.15, 0.2) is 5.58 Å². The van der Waals surface area contributed by atoms with E-state index in [1.165, 1.54) is 12.1 Å². The number of aliphatic carboxylic acids is 1. The van der Waals surface area contributed by atoms with E-state index in [-0.39, 0.29) is 12.4 Å². The van der Waals surface area contributed by atoms with E-state index in [1.807, 2.05) is 12.1 Å². The number of nitrogens with one attached hydrogen (secondary N) is 2. The number of oxazole rings is 1. The number of carboxylic acid groups (broad SMARTS) is 1. The van der Waals surface area contributed by atoms with Crippen molar-refractivity contribution in [1.29, 1.82) is 0 Å². The highest BCUT2D eigenvalue weighted by Crippen LogP contribution is 2.30. The number of hydrogen-bond acceptors (Lipinski definition) is 6. The molecule has 1 fully saturated rings. The van der Waals surface area contributed by atoms with Gasteiger partial charge in [-0.3, -0.25) is 20.2 Å².